The number of hydrogen-bond acceptors (Lipinski definition) is 1. The molecule has 0 atom stereocenters. The number of aromatic nitrogens is 1. The molecule has 0 aromatic carbocycles. The van der Waals surface area contributed by atoms with Crippen LogP contribution in [0, 0.1) is 6.92 Å². The molecule has 1 heterocycles. The second-order valence-corrected chi connectivity index (χ2v) is 2.54. The van der Waals surface area contributed by atoms with E-state index in [0.29, 0.717) is 14.7 Å². The van der Waals surface area contributed by atoms with Crippen molar-refractivity contribution in [1.29, 1.82) is 0 Å². The monoisotopic (exact) mass is 147 g/mol. The molecule has 0 radical (unpaired) electrons. The molecule has 1 aromatic rings. The van der Waals surface area contributed by atoms with E-state index in [1.165, 1.54) is 5.69 Å². The van der Waals surface area contributed by atoms with E-state index in [2.05, 4.69) is 15.0 Å². The molecule has 0 saturated carbocycles. The Labute approximate surface area is 43.0 Å². The molecule has 0 N–H and O–H groups in total. The van der Waals surface area contributed by atoms with Crippen LogP contribution in [0.4, 0.5) is 0 Å². The van der Waals surface area contributed by atoms with Crippen LogP contribution in [0.2, 0.25) is 0 Å². The zero-order valence-corrected chi connectivity index (χ0v) is 5.22. The van der Waals surface area contributed by atoms with E-state index in [0.717, 1.165) is 0 Å². The van der Waals surface area contributed by atoms with Crippen LogP contribution < -0.4 is 0 Å². The molecule has 1 rings (SSSR count). The van der Waals surface area contributed by atoms with Gasteiger partial charge in [0.15, 0.2) is 0 Å². The first kappa shape index (κ1) is 4.10. The fraction of sp³-hybridized carbons (Fsp3) is 0.250. The summed E-state index contributed by atoms with van der Waals surface area (Å²) in [6, 6.07) is 2.06. The molecule has 0 fully saturated rings. The molecule has 0 saturated heterocycles. The second-order valence-electron chi connectivity index (χ2n) is 1.14. The Balaban J connectivity index is 3.05. The maximum absolute atomic E-state index is 4.10. The Morgan fingerprint density at radius 3 is 2.83 bits per heavy atom. The van der Waals surface area contributed by atoms with Gasteiger partial charge in [-0.3, -0.25) is 0 Å². The summed E-state index contributed by atoms with van der Waals surface area (Å²) in [4.78, 5) is 2.11. The number of nitrogens with zero attached hydrogens (tertiary/aromatic N) is 1. The SMILES string of the molecule is Cc1cc[se]n1. The summed E-state index contributed by atoms with van der Waals surface area (Å²) in [6.45, 7) is 2.02. The van der Waals surface area contributed by atoms with Gasteiger partial charge in [-0.15, -0.1) is 0 Å². The maximum atomic E-state index is 4.10. The second kappa shape index (κ2) is 1.59. The fourth-order valence-corrected chi connectivity index (χ4v) is 1.42. The summed E-state index contributed by atoms with van der Waals surface area (Å²) in [5.41, 5.74) is 1.18. The molecule has 6 heavy (non-hydrogen) atoms. The van der Waals surface area contributed by atoms with E-state index in [9.17, 15) is 0 Å². The van der Waals surface area contributed by atoms with Crippen molar-refractivity contribution < 1.29 is 0 Å². The Morgan fingerprint density at radius 2 is 2.67 bits per heavy atom. The quantitative estimate of drug-likeness (QED) is 0.484. The van der Waals surface area contributed by atoms with Crippen molar-refractivity contribution in [2.24, 2.45) is 0 Å². The molecule has 0 aliphatic rings. The zero-order valence-electron chi connectivity index (χ0n) is 3.51. The summed E-state index contributed by atoms with van der Waals surface area (Å²) in [7, 11) is 0. The van der Waals surface area contributed by atoms with Gasteiger partial charge in [0.05, 0.1) is 0 Å². The van der Waals surface area contributed by atoms with Gasteiger partial charge in [0.1, 0.15) is 0 Å². The van der Waals surface area contributed by atoms with Gasteiger partial charge >= 0.3 is 42.3 Å². The molecular weight excluding hydrogens is 141 g/mol. The van der Waals surface area contributed by atoms with Gasteiger partial charge in [-0.1, -0.05) is 0 Å². The third-order valence-corrected chi connectivity index (χ3v) is 1.93. The summed E-state index contributed by atoms with van der Waals surface area (Å²) in [5.74, 6) is 0. The van der Waals surface area contributed by atoms with Crippen LogP contribution in [-0.2, 0) is 0 Å². The topological polar surface area (TPSA) is 12.9 Å². The Kier molecular flexibility index (Phi) is 1.08. The van der Waals surface area contributed by atoms with Crippen molar-refractivity contribution in [2.75, 3.05) is 0 Å². The van der Waals surface area contributed by atoms with Crippen LogP contribution in [0.5, 0.6) is 0 Å². The zero-order chi connectivity index (χ0) is 4.41. The third kappa shape index (κ3) is 0.702. The number of hydrogen-bond donors (Lipinski definition) is 0. The van der Waals surface area contributed by atoms with Crippen LogP contribution in [0.15, 0.2) is 11.0 Å². The van der Waals surface area contributed by atoms with Crippen LogP contribution in [0.3, 0.4) is 0 Å². The standard InChI is InChI=1S/C4H5NSe/c1-4-2-3-6-5-4/h2-3H,1H3. The molecule has 1 aromatic heterocycles. The summed E-state index contributed by atoms with van der Waals surface area (Å²) in [5, 5.41) is 0. The molecule has 0 bridgehead atoms. The Bertz CT molecular complexity index is 111. The third-order valence-electron chi connectivity index (χ3n) is 0.567. The van der Waals surface area contributed by atoms with Gasteiger partial charge in [0.25, 0.3) is 0 Å². The Hall–Kier alpha value is -0.0705. The van der Waals surface area contributed by atoms with E-state index in [1.54, 1.807) is 0 Å². The van der Waals surface area contributed by atoms with Crippen molar-refractivity contribution in [3.05, 3.63) is 16.7 Å². The first-order valence-electron chi connectivity index (χ1n) is 1.76. The van der Waals surface area contributed by atoms with Crippen LogP contribution >= 0.6 is 0 Å². The first-order valence-corrected chi connectivity index (χ1v) is 3.52. The summed E-state index contributed by atoms with van der Waals surface area (Å²) < 4.78 is 4.10. The molecule has 32 valence electrons. The number of rotatable bonds is 0. The van der Waals surface area contributed by atoms with E-state index >= 15 is 0 Å². The number of aryl methyl sites for hydroxylation is 1. The Morgan fingerprint density at radius 1 is 1.83 bits per heavy atom. The van der Waals surface area contributed by atoms with Gasteiger partial charge in [0, 0.05) is 0 Å². The van der Waals surface area contributed by atoms with E-state index in [1.807, 2.05) is 6.92 Å². The van der Waals surface area contributed by atoms with Crippen molar-refractivity contribution in [3.8, 4) is 0 Å². The molecule has 0 aliphatic carbocycles. The fourth-order valence-electron chi connectivity index (χ4n) is 0.273. The van der Waals surface area contributed by atoms with Crippen molar-refractivity contribution in [2.45, 2.75) is 6.92 Å². The van der Waals surface area contributed by atoms with Gasteiger partial charge < -0.3 is 0 Å². The molecular formula is C4H5NSe. The summed E-state index contributed by atoms with van der Waals surface area (Å²) >= 11 is 0.448. The van der Waals surface area contributed by atoms with E-state index < -0.39 is 0 Å². The molecule has 1 nitrogen and oxygen atoms in total. The van der Waals surface area contributed by atoms with Crippen LogP contribution in [0.1, 0.15) is 5.69 Å². The first-order chi connectivity index (χ1) is 2.89. The molecule has 2 heteroatoms. The average molecular weight is 146 g/mol. The van der Waals surface area contributed by atoms with Gasteiger partial charge in [0.2, 0.25) is 0 Å². The van der Waals surface area contributed by atoms with Crippen LogP contribution in [-0.4, -0.2) is 18.7 Å². The van der Waals surface area contributed by atoms with Gasteiger partial charge in [-0.25, -0.2) is 0 Å². The predicted molar refractivity (Wildman–Crippen MR) is 25.9 cm³/mol. The van der Waals surface area contributed by atoms with Crippen molar-refractivity contribution in [3.63, 3.8) is 0 Å². The summed E-state index contributed by atoms with van der Waals surface area (Å²) in [6.07, 6.45) is 0. The van der Waals surface area contributed by atoms with Crippen LogP contribution in [0.25, 0.3) is 0 Å². The predicted octanol–water partition coefficient (Wildman–Crippen LogP) is 0.447. The minimum atomic E-state index is 0.448. The van der Waals surface area contributed by atoms with Gasteiger partial charge in [-0.05, 0) is 0 Å². The molecule has 0 amide bonds. The van der Waals surface area contributed by atoms with Crippen molar-refractivity contribution in [1.82, 2.24) is 3.98 Å². The van der Waals surface area contributed by atoms with Gasteiger partial charge in [-0.2, -0.15) is 0 Å². The van der Waals surface area contributed by atoms with E-state index in [-0.39, 0.29) is 0 Å². The average Bonchev–Trinajstić information content (AvgIpc) is 1.86. The molecule has 0 unspecified atom stereocenters. The molecule has 0 aliphatic heterocycles. The molecule has 0 spiro atoms. The minimum absolute atomic E-state index is 0.448. The van der Waals surface area contributed by atoms with E-state index in [4.69, 9.17) is 0 Å². The van der Waals surface area contributed by atoms with Crippen molar-refractivity contribution >= 4 is 14.7 Å². The normalized spacial score (nSPS) is 8.83.